The summed E-state index contributed by atoms with van der Waals surface area (Å²) >= 11 is 0. The number of carbonyl (C=O) groups excluding carboxylic acids is 6. The average molecular weight is 961 g/mol. The Labute approximate surface area is 387 Å². The molecule has 4 amide bonds. The predicted molar refractivity (Wildman–Crippen MR) is 230 cm³/mol. The van der Waals surface area contributed by atoms with Crippen molar-refractivity contribution in [3.05, 3.63) is 35.9 Å². The summed E-state index contributed by atoms with van der Waals surface area (Å²) in [5.41, 5.74) is 0.832. The number of aldehydes is 1. The summed E-state index contributed by atoms with van der Waals surface area (Å²) in [6, 6.07) is 8.72. The van der Waals surface area contributed by atoms with Crippen LogP contribution < -0.4 is 26.6 Å². The molecule has 0 spiro atoms. The highest BCUT2D eigenvalue weighted by atomic mass is 16.7. The average Bonchev–Trinajstić information content (AvgIpc) is 3.31. The van der Waals surface area contributed by atoms with E-state index >= 15 is 0 Å². The van der Waals surface area contributed by atoms with Gasteiger partial charge in [-0.1, -0.05) is 36.8 Å². The molecule has 0 radical (unpaired) electrons. The van der Waals surface area contributed by atoms with Crippen molar-refractivity contribution < 1.29 is 93.3 Å². The summed E-state index contributed by atoms with van der Waals surface area (Å²) < 4.78 is 26.2. The van der Waals surface area contributed by atoms with E-state index in [9.17, 15) is 69.6 Å². The number of aliphatic hydroxyl groups excluding tert-OH is 8. The summed E-state index contributed by atoms with van der Waals surface area (Å²) in [5.74, 6) is -2.50. The molecular weight excluding hydrogens is 892 g/mol. The number of hydrogen-bond acceptors (Lipinski definition) is 21. The van der Waals surface area contributed by atoms with Gasteiger partial charge in [-0.05, 0) is 44.2 Å². The lowest BCUT2D eigenvalue weighted by Gasteiger charge is -2.39. The standard InChI is InChI=1S/C42H68N6O19/c49-17-15-44-30(52)20-48(21-31(53)45-16-18-63-40-38(60)36(58)34(56)28(23-50)65-40)22-32(54)47-27(11-6-8-14-46-42(62)64-25-26-9-3-1-4-10-26)19-43-13-7-2-5-12-33(55)67-41-39(61)37(59)35(57)29(24-51)66-41/h1,3-4,9-10,17,27-29,34-41,43,50-51,56-61H,2,5-8,11-16,18-25H2,(H,44,52)(H,45,53)(H,46,62)(H,47,54)/t27-,28-,29+,34-,35+,36+,37-,38+,39-,40+,41+/m0/s1. The van der Waals surface area contributed by atoms with E-state index in [-0.39, 0.29) is 32.7 Å². The van der Waals surface area contributed by atoms with E-state index in [1.165, 1.54) is 4.90 Å². The molecule has 0 aliphatic carbocycles. The van der Waals surface area contributed by atoms with Crippen molar-refractivity contribution in [1.29, 1.82) is 0 Å². The minimum atomic E-state index is -1.71. The van der Waals surface area contributed by atoms with Crippen LogP contribution in [0.5, 0.6) is 0 Å². The number of nitrogens with zero attached hydrogens (tertiary/aromatic N) is 1. The molecule has 0 aromatic heterocycles. The lowest BCUT2D eigenvalue weighted by Crippen LogP contribution is -2.59. The number of hydrogen-bond donors (Lipinski definition) is 13. The molecule has 3 rings (SSSR count). The van der Waals surface area contributed by atoms with Gasteiger partial charge < -0.3 is 95.9 Å². The Kier molecular flexibility index (Phi) is 26.8. The van der Waals surface area contributed by atoms with Gasteiger partial charge in [-0.2, -0.15) is 0 Å². The number of alkyl carbamates (subject to hydrolysis) is 1. The van der Waals surface area contributed by atoms with Crippen molar-refractivity contribution in [2.45, 2.75) is 119 Å². The van der Waals surface area contributed by atoms with Crippen LogP contribution in [-0.2, 0) is 54.3 Å². The third-order valence-corrected chi connectivity index (χ3v) is 10.6. The Morgan fingerprint density at radius 1 is 0.687 bits per heavy atom. The van der Waals surface area contributed by atoms with Gasteiger partial charge in [-0.25, -0.2) is 4.79 Å². The molecule has 0 unspecified atom stereocenters. The number of esters is 1. The highest BCUT2D eigenvalue weighted by molar-refractivity contribution is 5.84. The summed E-state index contributed by atoms with van der Waals surface area (Å²) in [7, 11) is 0. The van der Waals surface area contributed by atoms with Crippen molar-refractivity contribution in [2.75, 3.05) is 72.2 Å². The summed E-state index contributed by atoms with van der Waals surface area (Å²) in [6.45, 7) is -2.07. The Morgan fingerprint density at radius 3 is 1.96 bits per heavy atom. The minimum absolute atomic E-state index is 0.0425. The largest absolute Gasteiger partial charge is 0.445 e. The monoisotopic (exact) mass is 960 g/mol. The number of nitrogens with one attached hydrogen (secondary N) is 5. The van der Waals surface area contributed by atoms with E-state index in [1.807, 2.05) is 30.3 Å². The molecule has 1 aromatic carbocycles. The van der Waals surface area contributed by atoms with Crippen LogP contribution in [-0.4, -0.2) is 221 Å². The van der Waals surface area contributed by atoms with Gasteiger partial charge >= 0.3 is 12.1 Å². The number of carbonyl (C=O) groups is 6. The zero-order chi connectivity index (χ0) is 49.1. The first-order chi connectivity index (χ1) is 32.2. The first-order valence-corrected chi connectivity index (χ1v) is 22.2. The van der Waals surface area contributed by atoms with Crippen molar-refractivity contribution in [3.63, 3.8) is 0 Å². The van der Waals surface area contributed by atoms with Crippen LogP contribution in [0.25, 0.3) is 0 Å². The Morgan fingerprint density at radius 2 is 1.30 bits per heavy atom. The SMILES string of the molecule is O=CCNC(=O)CN(CC(=O)NCCO[C@@H]1O[C@@H](CO)[C@H](O)[C@@H](O)[C@H]1O)CC(=O)N[C@@H](CCCCNC(=O)OCc1ccccc1)CNCCCCCC(=O)O[C@H]1O[C@H](CO)[C@@H](O)[C@H](O)[C@@H]1O. The number of amides is 4. The van der Waals surface area contributed by atoms with Crippen LogP contribution >= 0.6 is 0 Å². The van der Waals surface area contributed by atoms with Gasteiger partial charge in [-0.3, -0.25) is 24.1 Å². The topological polar surface area (TPSA) is 374 Å². The predicted octanol–water partition coefficient (Wildman–Crippen LogP) is -5.39. The second-order valence-corrected chi connectivity index (χ2v) is 16.0. The fourth-order valence-corrected chi connectivity index (χ4v) is 6.92. The Balaban J connectivity index is 1.50. The molecule has 2 saturated heterocycles. The number of benzene rings is 1. The lowest BCUT2D eigenvalue weighted by atomic mass is 9.99. The van der Waals surface area contributed by atoms with E-state index < -0.39 is 130 Å². The van der Waals surface area contributed by atoms with Gasteiger partial charge in [0.15, 0.2) is 6.29 Å². The van der Waals surface area contributed by atoms with Gasteiger partial charge in [0.1, 0.15) is 61.7 Å². The Bertz CT molecular complexity index is 1630. The number of unbranched alkanes of at least 4 members (excludes halogenated alkanes) is 3. The molecular formula is C42H68N6O19. The smallest absolute Gasteiger partial charge is 0.407 e. The quantitative estimate of drug-likeness (QED) is 0.0188. The molecule has 2 fully saturated rings. The maximum Gasteiger partial charge on any atom is 0.407 e. The maximum atomic E-state index is 13.5. The zero-order valence-electron chi connectivity index (χ0n) is 37.3. The van der Waals surface area contributed by atoms with Crippen molar-refractivity contribution in [1.82, 2.24) is 31.5 Å². The first kappa shape index (κ1) is 56.8. The van der Waals surface area contributed by atoms with Crippen molar-refractivity contribution in [2.24, 2.45) is 0 Å². The van der Waals surface area contributed by atoms with Gasteiger partial charge in [-0.15, -0.1) is 0 Å². The lowest BCUT2D eigenvalue weighted by molar-refractivity contribution is -0.300. The van der Waals surface area contributed by atoms with E-state index in [0.717, 1.165) is 5.56 Å². The van der Waals surface area contributed by atoms with Crippen LogP contribution in [0.3, 0.4) is 0 Å². The second kappa shape index (κ2) is 31.5. The fourth-order valence-electron chi connectivity index (χ4n) is 6.92. The molecule has 1 aromatic rings. The van der Waals surface area contributed by atoms with Crippen molar-refractivity contribution >= 4 is 36.1 Å². The van der Waals surface area contributed by atoms with Crippen LogP contribution in [0.4, 0.5) is 4.79 Å². The molecule has 0 saturated carbocycles. The third kappa shape index (κ3) is 21.1. The minimum Gasteiger partial charge on any atom is -0.445 e. The molecule has 11 atom stereocenters. The van der Waals surface area contributed by atoms with Crippen LogP contribution in [0.2, 0.25) is 0 Å². The fraction of sp³-hybridized carbons (Fsp3) is 0.714. The summed E-state index contributed by atoms with van der Waals surface area (Å²) in [5, 5.41) is 92.6. The van der Waals surface area contributed by atoms with Crippen LogP contribution in [0.1, 0.15) is 50.5 Å². The normalized spacial score (nSPS) is 25.4. The van der Waals surface area contributed by atoms with Gasteiger partial charge in [0, 0.05) is 32.1 Å². The molecule has 2 heterocycles. The van der Waals surface area contributed by atoms with E-state index in [2.05, 4.69) is 26.6 Å². The van der Waals surface area contributed by atoms with E-state index in [4.69, 9.17) is 23.7 Å². The second-order valence-electron chi connectivity index (χ2n) is 16.0. The molecule has 2 aliphatic heterocycles. The highest BCUT2D eigenvalue weighted by Crippen LogP contribution is 2.23. The number of rotatable bonds is 31. The molecule has 25 nitrogen and oxygen atoms in total. The number of ether oxygens (including phenoxy) is 5. The molecule has 2 aliphatic rings. The van der Waals surface area contributed by atoms with Crippen LogP contribution in [0, 0.1) is 0 Å². The molecule has 67 heavy (non-hydrogen) atoms. The van der Waals surface area contributed by atoms with E-state index in [0.29, 0.717) is 64.4 Å². The third-order valence-electron chi connectivity index (χ3n) is 10.6. The highest BCUT2D eigenvalue weighted by Gasteiger charge is 2.46. The molecule has 380 valence electrons. The maximum absolute atomic E-state index is 13.5. The first-order valence-electron chi connectivity index (χ1n) is 22.2. The Hall–Kier alpha value is -4.48. The van der Waals surface area contributed by atoms with Crippen LogP contribution in [0.15, 0.2) is 30.3 Å². The number of aliphatic hydroxyl groups is 8. The summed E-state index contributed by atoms with van der Waals surface area (Å²) in [6.07, 6.45) is -12.3. The van der Waals surface area contributed by atoms with Gasteiger partial charge in [0.25, 0.3) is 0 Å². The van der Waals surface area contributed by atoms with E-state index in [1.54, 1.807) is 0 Å². The van der Waals surface area contributed by atoms with Crippen molar-refractivity contribution in [3.8, 4) is 0 Å². The molecule has 0 bridgehead atoms. The van der Waals surface area contributed by atoms with Gasteiger partial charge in [0.05, 0.1) is 46.0 Å². The van der Waals surface area contributed by atoms with Gasteiger partial charge in [0.2, 0.25) is 24.0 Å². The zero-order valence-corrected chi connectivity index (χ0v) is 37.3. The summed E-state index contributed by atoms with van der Waals surface area (Å²) in [4.78, 5) is 75.6. The molecule has 25 heteroatoms. The molecule has 13 N–H and O–H groups in total.